The highest BCUT2D eigenvalue weighted by Crippen LogP contribution is 2.39. The Bertz CT molecular complexity index is 1030. The number of aromatic nitrogens is 5. The molecule has 0 unspecified atom stereocenters. The molecule has 0 amide bonds. The molecule has 0 fully saturated rings. The highest BCUT2D eigenvalue weighted by atomic mass is 32.2. The van der Waals surface area contributed by atoms with E-state index in [-0.39, 0.29) is 26.5 Å². The van der Waals surface area contributed by atoms with Gasteiger partial charge in [-0.15, -0.1) is 5.10 Å². The number of nitrogens with zero attached hydrogens (tertiary/aromatic N) is 5. The summed E-state index contributed by atoms with van der Waals surface area (Å²) in [5.74, 6) is -1.81. The minimum atomic E-state index is -4.99. The number of benzene rings is 1. The number of carbonyl (C=O) groups is 1. The number of thiazole rings is 1. The Balaban J connectivity index is 1.97. The number of aromatic carboxylic acids is 1. The van der Waals surface area contributed by atoms with E-state index in [1.165, 1.54) is 6.07 Å². The van der Waals surface area contributed by atoms with E-state index in [9.17, 15) is 31.1 Å². The first-order chi connectivity index (χ1) is 13.0. The molecule has 148 valence electrons. The summed E-state index contributed by atoms with van der Waals surface area (Å²) in [7, 11) is 0. The van der Waals surface area contributed by atoms with Gasteiger partial charge in [0.1, 0.15) is 4.88 Å². The molecular weight excluding hydrogens is 436 g/mol. The molecule has 7 nitrogen and oxygen atoms in total. The van der Waals surface area contributed by atoms with Crippen LogP contribution >= 0.6 is 23.1 Å². The minimum absolute atomic E-state index is 0.0895. The average molecular weight is 441 g/mol. The van der Waals surface area contributed by atoms with Crippen LogP contribution in [0.2, 0.25) is 0 Å². The van der Waals surface area contributed by atoms with Gasteiger partial charge in [0, 0.05) is 0 Å². The summed E-state index contributed by atoms with van der Waals surface area (Å²) in [5, 5.41) is 19.1. The van der Waals surface area contributed by atoms with Crippen LogP contribution in [-0.2, 0) is 12.4 Å². The molecule has 0 aliphatic carbocycles. The molecule has 0 aliphatic heterocycles. The van der Waals surface area contributed by atoms with E-state index in [4.69, 9.17) is 5.11 Å². The van der Waals surface area contributed by atoms with Crippen LogP contribution in [0.15, 0.2) is 33.8 Å². The highest BCUT2D eigenvalue weighted by Gasteiger charge is 2.40. The second-order valence-electron chi connectivity index (χ2n) is 4.98. The predicted molar refractivity (Wildman–Crippen MR) is 82.4 cm³/mol. The lowest BCUT2D eigenvalue weighted by atomic mass is 10.2. The molecule has 0 saturated heterocycles. The van der Waals surface area contributed by atoms with E-state index in [1.54, 1.807) is 0 Å². The van der Waals surface area contributed by atoms with Crippen LogP contribution in [0.3, 0.4) is 0 Å². The molecule has 0 bridgehead atoms. The second kappa shape index (κ2) is 7.05. The molecule has 1 N–H and O–H groups in total. The van der Waals surface area contributed by atoms with Gasteiger partial charge in [0.2, 0.25) is 5.16 Å². The lowest BCUT2D eigenvalue weighted by molar-refractivity contribution is -0.141. The standard InChI is InChI=1S/C13H5F6N5O2S2/c14-12(15,16)5-2-1-3-6(4-5)24-10(21-22-23-24)28-11-20-8(13(17,18)19)7(27-11)9(25)26/h1-4H,(H,25,26). The number of hydrogen-bond donors (Lipinski definition) is 1. The Labute approximate surface area is 159 Å². The zero-order valence-corrected chi connectivity index (χ0v) is 14.6. The van der Waals surface area contributed by atoms with Crippen molar-refractivity contribution >= 4 is 29.1 Å². The Kier molecular flexibility index (Phi) is 5.05. The maximum Gasteiger partial charge on any atom is 0.435 e. The average Bonchev–Trinajstić information content (AvgIpc) is 3.21. The summed E-state index contributed by atoms with van der Waals surface area (Å²) in [6.07, 6.45) is -9.61. The normalized spacial score (nSPS) is 12.4. The molecule has 3 aromatic rings. The first-order valence-electron chi connectivity index (χ1n) is 6.92. The lowest BCUT2D eigenvalue weighted by Gasteiger charge is -2.09. The summed E-state index contributed by atoms with van der Waals surface area (Å²) < 4.78 is 77.9. The van der Waals surface area contributed by atoms with Crippen LogP contribution in [0.1, 0.15) is 20.9 Å². The van der Waals surface area contributed by atoms with Crippen molar-refractivity contribution < 1.29 is 36.2 Å². The zero-order valence-electron chi connectivity index (χ0n) is 13.0. The van der Waals surface area contributed by atoms with Gasteiger partial charge in [0.15, 0.2) is 10.0 Å². The second-order valence-corrected chi connectivity index (χ2v) is 7.20. The molecule has 2 heterocycles. The molecule has 0 aliphatic rings. The molecule has 1 aromatic carbocycles. The number of halogens is 6. The summed E-state index contributed by atoms with van der Waals surface area (Å²) in [6, 6.07) is 3.96. The van der Waals surface area contributed by atoms with Crippen LogP contribution in [0.5, 0.6) is 0 Å². The van der Waals surface area contributed by atoms with E-state index < -0.39 is 34.5 Å². The summed E-state index contributed by atoms with van der Waals surface area (Å²) in [6.45, 7) is 0. The van der Waals surface area contributed by atoms with Gasteiger partial charge in [-0.25, -0.2) is 9.78 Å². The van der Waals surface area contributed by atoms with Crippen LogP contribution in [0.4, 0.5) is 26.3 Å². The fourth-order valence-corrected chi connectivity index (χ4v) is 3.87. The predicted octanol–water partition coefficient (Wildman–Crippen LogP) is 4.01. The minimum Gasteiger partial charge on any atom is -0.477 e. The zero-order chi connectivity index (χ0) is 20.7. The van der Waals surface area contributed by atoms with E-state index in [2.05, 4.69) is 20.5 Å². The van der Waals surface area contributed by atoms with Gasteiger partial charge in [0.05, 0.1) is 11.3 Å². The van der Waals surface area contributed by atoms with Gasteiger partial charge in [-0.1, -0.05) is 17.4 Å². The fourth-order valence-electron chi connectivity index (χ4n) is 1.98. The molecule has 28 heavy (non-hydrogen) atoms. The number of alkyl halides is 6. The molecule has 0 saturated carbocycles. The van der Waals surface area contributed by atoms with Crippen molar-refractivity contribution in [3.05, 3.63) is 40.4 Å². The van der Waals surface area contributed by atoms with Crippen molar-refractivity contribution in [2.75, 3.05) is 0 Å². The summed E-state index contributed by atoms with van der Waals surface area (Å²) in [5.41, 5.74) is -2.64. The molecule has 0 atom stereocenters. The van der Waals surface area contributed by atoms with Crippen molar-refractivity contribution in [3.8, 4) is 5.69 Å². The van der Waals surface area contributed by atoms with Gasteiger partial charge < -0.3 is 5.11 Å². The maximum atomic E-state index is 12.9. The molecule has 0 spiro atoms. The molecule has 3 rings (SSSR count). The lowest BCUT2D eigenvalue weighted by Crippen LogP contribution is -2.11. The Morgan fingerprint density at radius 3 is 2.43 bits per heavy atom. The highest BCUT2D eigenvalue weighted by molar-refractivity contribution is 8.00. The van der Waals surface area contributed by atoms with Crippen LogP contribution in [-0.4, -0.2) is 36.3 Å². The fraction of sp³-hybridized carbons (Fsp3) is 0.154. The van der Waals surface area contributed by atoms with Gasteiger partial charge in [-0.2, -0.15) is 31.0 Å². The quantitative estimate of drug-likeness (QED) is 0.612. The largest absolute Gasteiger partial charge is 0.477 e. The number of carboxylic acids is 1. The van der Waals surface area contributed by atoms with E-state index in [1.807, 2.05) is 0 Å². The summed E-state index contributed by atoms with van der Waals surface area (Å²) in [4.78, 5) is 13.2. The first-order valence-corrected chi connectivity index (χ1v) is 8.55. The first kappa shape index (κ1) is 20.1. The van der Waals surface area contributed by atoms with Gasteiger partial charge in [0.25, 0.3) is 0 Å². The van der Waals surface area contributed by atoms with E-state index >= 15 is 0 Å². The van der Waals surface area contributed by atoms with Crippen molar-refractivity contribution in [3.63, 3.8) is 0 Å². The van der Waals surface area contributed by atoms with Crippen LogP contribution < -0.4 is 0 Å². The molecule has 2 aromatic heterocycles. The van der Waals surface area contributed by atoms with Gasteiger partial charge in [-0.05, 0) is 40.4 Å². The Morgan fingerprint density at radius 2 is 1.86 bits per heavy atom. The number of tetrazole rings is 1. The van der Waals surface area contributed by atoms with Crippen molar-refractivity contribution in [2.45, 2.75) is 21.8 Å². The van der Waals surface area contributed by atoms with Crippen molar-refractivity contribution in [2.24, 2.45) is 0 Å². The number of carboxylic acid groups (broad SMARTS) is 1. The SMILES string of the molecule is O=C(O)c1sc(Sc2nnnn2-c2cccc(C(F)(F)F)c2)nc1C(F)(F)F. The van der Waals surface area contributed by atoms with Crippen molar-refractivity contribution in [1.82, 2.24) is 25.2 Å². The molecular formula is C13H5F6N5O2S2. The molecule has 15 heteroatoms. The van der Waals surface area contributed by atoms with E-state index in [0.717, 1.165) is 22.9 Å². The third-order valence-corrected chi connectivity index (χ3v) is 5.15. The smallest absolute Gasteiger partial charge is 0.435 e. The van der Waals surface area contributed by atoms with Crippen LogP contribution in [0.25, 0.3) is 5.69 Å². The maximum absolute atomic E-state index is 12.9. The third kappa shape index (κ3) is 4.09. The monoisotopic (exact) mass is 441 g/mol. The van der Waals surface area contributed by atoms with Gasteiger partial charge in [-0.3, -0.25) is 0 Å². The van der Waals surface area contributed by atoms with Gasteiger partial charge >= 0.3 is 18.3 Å². The topological polar surface area (TPSA) is 93.8 Å². The van der Waals surface area contributed by atoms with Crippen molar-refractivity contribution in [1.29, 1.82) is 0 Å². The Hall–Kier alpha value is -2.68. The number of hydrogen-bond acceptors (Lipinski definition) is 7. The number of rotatable bonds is 4. The molecule has 0 radical (unpaired) electrons. The van der Waals surface area contributed by atoms with Crippen LogP contribution in [0, 0.1) is 0 Å². The third-order valence-electron chi connectivity index (χ3n) is 3.11. The Morgan fingerprint density at radius 1 is 1.14 bits per heavy atom. The summed E-state index contributed by atoms with van der Waals surface area (Å²) >= 11 is 0.735. The van der Waals surface area contributed by atoms with E-state index in [0.29, 0.717) is 11.8 Å².